The van der Waals surface area contributed by atoms with Crippen LogP contribution in [0.15, 0.2) is 23.7 Å². The van der Waals surface area contributed by atoms with Crippen molar-refractivity contribution < 1.29 is 13.2 Å². The molecule has 1 heterocycles. The zero-order chi connectivity index (χ0) is 15.8. The lowest BCUT2D eigenvalue weighted by Gasteiger charge is -2.23. The normalized spacial score (nSPS) is 22.4. The predicted molar refractivity (Wildman–Crippen MR) is 80.1 cm³/mol. The molecule has 1 aliphatic heterocycles. The minimum absolute atomic E-state index is 0.00472. The van der Waals surface area contributed by atoms with Crippen molar-refractivity contribution >= 4 is 24.2 Å². The fourth-order valence-corrected chi connectivity index (χ4v) is 2.66. The van der Waals surface area contributed by atoms with Gasteiger partial charge in [0.05, 0.1) is 11.3 Å². The van der Waals surface area contributed by atoms with Gasteiger partial charge in [-0.15, -0.1) is 0 Å². The average Bonchev–Trinajstić information content (AvgIpc) is 2.75. The number of hydrogen-bond donors (Lipinski definition) is 1. The quantitative estimate of drug-likeness (QED) is 0.868. The molecule has 2 N–H and O–H groups in total. The van der Waals surface area contributed by atoms with Crippen LogP contribution >= 0.6 is 0 Å². The first-order chi connectivity index (χ1) is 9.79. The highest BCUT2D eigenvalue weighted by Gasteiger charge is 2.36. The summed E-state index contributed by atoms with van der Waals surface area (Å²) >= 11 is 0. The van der Waals surface area contributed by atoms with Crippen molar-refractivity contribution in [1.82, 2.24) is 0 Å². The van der Waals surface area contributed by atoms with Gasteiger partial charge in [-0.25, -0.2) is 0 Å². The molecule has 2 rings (SSSR count). The zero-order valence-electron chi connectivity index (χ0n) is 11.8. The van der Waals surface area contributed by atoms with Gasteiger partial charge in [0.1, 0.15) is 0 Å². The van der Waals surface area contributed by atoms with E-state index in [2.05, 4.69) is 18.3 Å². The molecule has 0 radical (unpaired) electrons. The molecule has 1 aromatic rings. The largest absolute Gasteiger partial charge is 0.418 e. The Kier molecular flexibility index (Phi) is 4.09. The lowest BCUT2D eigenvalue weighted by molar-refractivity contribution is -0.137. The number of nitrogens with zero attached hydrogens (tertiary/aromatic N) is 2. The summed E-state index contributed by atoms with van der Waals surface area (Å²) < 4.78 is 39.1. The minimum Gasteiger partial charge on any atom is -0.369 e. The van der Waals surface area contributed by atoms with E-state index in [1.54, 1.807) is 0 Å². The molecule has 3 nitrogen and oxygen atoms in total. The molecular formula is C15H18F3N3. The Hall–Kier alpha value is -1.82. The average molecular weight is 297 g/mol. The first kappa shape index (κ1) is 15.6. The summed E-state index contributed by atoms with van der Waals surface area (Å²) in [5.41, 5.74) is 6.02. The molecule has 21 heavy (non-hydrogen) atoms. The van der Waals surface area contributed by atoms with E-state index in [0.717, 1.165) is 6.07 Å². The van der Waals surface area contributed by atoms with Crippen LogP contribution in [0, 0.1) is 5.92 Å². The van der Waals surface area contributed by atoms with Crippen molar-refractivity contribution in [2.75, 3.05) is 18.0 Å². The molecule has 0 saturated carbocycles. The molecule has 6 heteroatoms. The van der Waals surface area contributed by atoms with Crippen LogP contribution in [0.2, 0.25) is 0 Å². The fraction of sp³-hybridized carbons (Fsp3) is 0.400. The molecule has 1 fully saturated rings. The summed E-state index contributed by atoms with van der Waals surface area (Å²) in [5, 5.41) is 0. The Morgan fingerprint density at radius 2 is 2.05 bits per heavy atom. The van der Waals surface area contributed by atoms with Gasteiger partial charge in [0.2, 0.25) is 0 Å². The van der Waals surface area contributed by atoms with Gasteiger partial charge in [-0.1, -0.05) is 19.6 Å². The van der Waals surface area contributed by atoms with Gasteiger partial charge >= 0.3 is 6.18 Å². The second-order valence-corrected chi connectivity index (χ2v) is 5.30. The number of halogens is 3. The summed E-state index contributed by atoms with van der Waals surface area (Å²) in [6.45, 7) is 10.2. The van der Waals surface area contributed by atoms with Crippen LogP contribution in [0.1, 0.15) is 18.1 Å². The minimum atomic E-state index is -4.47. The first-order valence-corrected chi connectivity index (χ1v) is 6.63. The van der Waals surface area contributed by atoms with Crippen molar-refractivity contribution in [2.24, 2.45) is 16.6 Å². The molecule has 114 valence electrons. The van der Waals surface area contributed by atoms with Gasteiger partial charge in [0.25, 0.3) is 0 Å². The zero-order valence-corrected chi connectivity index (χ0v) is 11.8. The van der Waals surface area contributed by atoms with E-state index >= 15 is 0 Å². The van der Waals surface area contributed by atoms with Crippen LogP contribution in [0.3, 0.4) is 0 Å². The van der Waals surface area contributed by atoms with E-state index < -0.39 is 11.7 Å². The van der Waals surface area contributed by atoms with Gasteiger partial charge in [-0.3, -0.25) is 4.99 Å². The van der Waals surface area contributed by atoms with Gasteiger partial charge in [-0.2, -0.15) is 13.2 Å². The summed E-state index contributed by atoms with van der Waals surface area (Å²) in [6, 6.07) is 2.50. The van der Waals surface area contributed by atoms with Crippen LogP contribution in [-0.4, -0.2) is 25.8 Å². The third kappa shape index (κ3) is 2.81. The standard InChI is InChI=1S/C15H18F3N3/c1-4-10-13(21-7-9(2)12(19)8-21)6-5-11(14(10)20-3)15(16,17)18/h4-6,9,12H,1,3,7-8,19H2,2H3. The summed E-state index contributed by atoms with van der Waals surface area (Å²) in [7, 11) is 0. The number of anilines is 1. The SMILES string of the molecule is C=Cc1c(N2CC(C)C(N)C2)ccc(C(F)(F)F)c1N=C. The maximum absolute atomic E-state index is 13.0. The topological polar surface area (TPSA) is 41.6 Å². The van der Waals surface area contributed by atoms with Crippen LogP contribution in [0.25, 0.3) is 6.08 Å². The lowest BCUT2D eigenvalue weighted by atomic mass is 10.0. The molecular weight excluding hydrogens is 279 g/mol. The Labute approximate surface area is 122 Å². The third-order valence-electron chi connectivity index (χ3n) is 3.87. The van der Waals surface area contributed by atoms with Gasteiger partial charge in [-0.05, 0) is 24.8 Å². The summed E-state index contributed by atoms with van der Waals surface area (Å²) in [4.78, 5) is 5.55. The number of alkyl halides is 3. The highest BCUT2D eigenvalue weighted by molar-refractivity contribution is 5.80. The Balaban J connectivity index is 2.54. The molecule has 1 aliphatic rings. The second kappa shape index (κ2) is 5.52. The molecule has 1 aromatic carbocycles. The molecule has 2 atom stereocenters. The summed E-state index contributed by atoms with van der Waals surface area (Å²) in [5.74, 6) is 0.282. The van der Waals surface area contributed by atoms with Crippen molar-refractivity contribution in [3.63, 3.8) is 0 Å². The highest BCUT2D eigenvalue weighted by atomic mass is 19.4. The first-order valence-electron chi connectivity index (χ1n) is 6.63. The highest BCUT2D eigenvalue weighted by Crippen LogP contribution is 2.43. The Bertz CT molecular complexity index is 556. The number of rotatable bonds is 3. The predicted octanol–water partition coefficient (Wildman–Crippen LogP) is 3.46. The van der Waals surface area contributed by atoms with Crippen LogP contribution in [-0.2, 0) is 6.18 Å². The van der Waals surface area contributed by atoms with Crippen molar-refractivity contribution in [2.45, 2.75) is 19.1 Å². The lowest BCUT2D eigenvalue weighted by Crippen LogP contribution is -2.28. The van der Waals surface area contributed by atoms with E-state index in [4.69, 9.17) is 5.73 Å². The van der Waals surface area contributed by atoms with E-state index in [0.29, 0.717) is 24.3 Å². The van der Waals surface area contributed by atoms with Crippen molar-refractivity contribution in [3.8, 4) is 0 Å². The fourth-order valence-electron chi connectivity index (χ4n) is 2.66. The van der Waals surface area contributed by atoms with E-state index in [1.807, 2.05) is 11.8 Å². The molecule has 2 unspecified atom stereocenters. The molecule has 0 amide bonds. The van der Waals surface area contributed by atoms with E-state index in [-0.39, 0.29) is 17.6 Å². The van der Waals surface area contributed by atoms with Gasteiger partial charge in [0.15, 0.2) is 0 Å². The van der Waals surface area contributed by atoms with Crippen LogP contribution in [0.5, 0.6) is 0 Å². The Morgan fingerprint density at radius 3 is 2.48 bits per heavy atom. The second-order valence-electron chi connectivity index (χ2n) is 5.30. The van der Waals surface area contributed by atoms with Crippen LogP contribution < -0.4 is 10.6 Å². The monoisotopic (exact) mass is 297 g/mol. The molecule has 0 spiro atoms. The smallest absolute Gasteiger partial charge is 0.369 e. The van der Waals surface area contributed by atoms with E-state index in [1.165, 1.54) is 12.1 Å². The number of nitrogens with two attached hydrogens (primary N) is 1. The molecule has 0 aromatic heterocycles. The molecule has 1 saturated heterocycles. The van der Waals surface area contributed by atoms with Crippen molar-refractivity contribution in [1.29, 1.82) is 0 Å². The van der Waals surface area contributed by atoms with Gasteiger partial charge < -0.3 is 10.6 Å². The van der Waals surface area contributed by atoms with Crippen molar-refractivity contribution in [3.05, 3.63) is 29.8 Å². The molecule has 0 aliphatic carbocycles. The van der Waals surface area contributed by atoms with E-state index in [9.17, 15) is 13.2 Å². The maximum atomic E-state index is 13.0. The van der Waals surface area contributed by atoms with Crippen LogP contribution in [0.4, 0.5) is 24.5 Å². The number of benzene rings is 1. The Morgan fingerprint density at radius 1 is 1.38 bits per heavy atom. The number of hydrogen-bond acceptors (Lipinski definition) is 3. The number of aliphatic imine (C=N–C) groups is 1. The van der Waals surface area contributed by atoms with Gasteiger partial charge in [0, 0.05) is 30.4 Å². The maximum Gasteiger partial charge on any atom is 0.418 e. The molecule has 0 bridgehead atoms. The summed E-state index contributed by atoms with van der Waals surface area (Å²) in [6.07, 6.45) is -3.08. The third-order valence-corrected chi connectivity index (χ3v) is 3.87.